The maximum absolute atomic E-state index is 12.5. The summed E-state index contributed by atoms with van der Waals surface area (Å²) in [7, 11) is 0. The van der Waals surface area contributed by atoms with Gasteiger partial charge in [0.2, 0.25) is 5.91 Å². The number of rotatable bonds is 5. The molecule has 2 saturated heterocycles. The quantitative estimate of drug-likeness (QED) is 0.288. The number of carbonyl (C=O) groups excluding carboxylic acids is 3. The molecule has 2 aliphatic rings. The number of morpholine rings is 1. The van der Waals surface area contributed by atoms with Gasteiger partial charge < -0.3 is 31.7 Å². The summed E-state index contributed by atoms with van der Waals surface area (Å²) in [6, 6.07) is 10.3. The molecular formula is C30H39F3N8O4. The van der Waals surface area contributed by atoms with E-state index in [0.29, 0.717) is 37.6 Å². The van der Waals surface area contributed by atoms with Gasteiger partial charge in [-0.15, -0.1) is 0 Å². The van der Waals surface area contributed by atoms with E-state index in [-0.39, 0.29) is 23.3 Å². The van der Waals surface area contributed by atoms with E-state index in [4.69, 9.17) is 27.3 Å². The molecule has 2 heterocycles. The number of guanidine groups is 1. The van der Waals surface area contributed by atoms with Crippen LogP contribution >= 0.6 is 0 Å². The number of amidine groups is 1. The largest absolute Gasteiger partial charge is 0.416 e. The number of primary amides is 2. The van der Waals surface area contributed by atoms with Crippen molar-refractivity contribution < 1.29 is 32.3 Å². The van der Waals surface area contributed by atoms with Gasteiger partial charge in [0.25, 0.3) is 11.8 Å². The molecule has 0 unspecified atom stereocenters. The van der Waals surface area contributed by atoms with Crippen molar-refractivity contribution in [1.82, 2.24) is 9.80 Å². The predicted molar refractivity (Wildman–Crippen MR) is 166 cm³/mol. The Morgan fingerprint density at radius 3 is 1.82 bits per heavy atom. The minimum atomic E-state index is -4.38. The maximum atomic E-state index is 12.5. The van der Waals surface area contributed by atoms with Crippen molar-refractivity contribution in [2.24, 2.45) is 27.2 Å². The van der Waals surface area contributed by atoms with Crippen LogP contribution in [0.25, 0.3) is 0 Å². The van der Waals surface area contributed by atoms with Crippen molar-refractivity contribution in [2.75, 3.05) is 39.4 Å². The van der Waals surface area contributed by atoms with E-state index in [0.717, 1.165) is 56.6 Å². The van der Waals surface area contributed by atoms with Crippen molar-refractivity contribution in [3.05, 3.63) is 65.2 Å². The lowest BCUT2D eigenvalue weighted by Crippen LogP contribution is -2.42. The summed E-state index contributed by atoms with van der Waals surface area (Å²) in [6.07, 6.45) is -1.23. The Bertz CT molecular complexity index is 1370. The third-order valence-corrected chi connectivity index (χ3v) is 6.51. The fraction of sp³-hybridized carbons (Fsp3) is 0.400. The SMILES string of the molecule is CC.N=C(C(N)=O)C(=Nc1ccc(C(=O)N2CCOCC2)cc1)N=C(N)N1CCCCC1.NC(=O)c1ccc(C(F)(F)F)cc1. The first-order chi connectivity index (χ1) is 21.4. The van der Waals surface area contributed by atoms with E-state index < -0.39 is 29.3 Å². The Morgan fingerprint density at radius 1 is 0.800 bits per heavy atom. The van der Waals surface area contributed by atoms with Gasteiger partial charge in [-0.1, -0.05) is 13.8 Å². The Morgan fingerprint density at radius 2 is 1.33 bits per heavy atom. The van der Waals surface area contributed by atoms with Crippen molar-refractivity contribution in [2.45, 2.75) is 39.3 Å². The van der Waals surface area contributed by atoms with E-state index in [9.17, 15) is 27.6 Å². The number of ether oxygens (including phenoxy) is 1. The summed E-state index contributed by atoms with van der Waals surface area (Å²) in [5, 5.41) is 7.94. The average Bonchev–Trinajstić information content (AvgIpc) is 3.05. The molecule has 2 aromatic rings. The second-order valence-electron chi connectivity index (χ2n) is 9.58. The molecule has 2 aliphatic heterocycles. The molecule has 2 fully saturated rings. The monoisotopic (exact) mass is 632 g/mol. The third-order valence-electron chi connectivity index (χ3n) is 6.51. The molecule has 2 aromatic carbocycles. The van der Waals surface area contributed by atoms with Gasteiger partial charge in [0.1, 0.15) is 0 Å². The molecule has 3 amide bonds. The molecule has 0 aliphatic carbocycles. The molecule has 0 atom stereocenters. The summed E-state index contributed by atoms with van der Waals surface area (Å²) in [5.74, 6) is -1.71. The van der Waals surface area contributed by atoms with Crippen LogP contribution in [0.3, 0.4) is 0 Å². The molecule has 15 heteroatoms. The first-order valence-corrected chi connectivity index (χ1v) is 14.4. The Hall–Kier alpha value is -4.79. The highest BCUT2D eigenvalue weighted by atomic mass is 19.4. The number of carbonyl (C=O) groups is 3. The third kappa shape index (κ3) is 11.3. The number of alkyl halides is 3. The number of hydrogen-bond donors (Lipinski definition) is 4. The van der Waals surface area contributed by atoms with Crippen LogP contribution < -0.4 is 17.2 Å². The molecule has 0 saturated carbocycles. The van der Waals surface area contributed by atoms with Gasteiger partial charge in [0.15, 0.2) is 17.5 Å². The van der Waals surface area contributed by atoms with Crippen LogP contribution in [-0.4, -0.2) is 84.4 Å². The second kappa shape index (κ2) is 17.5. The fourth-order valence-electron chi connectivity index (χ4n) is 4.12. The van der Waals surface area contributed by atoms with Crippen LogP contribution in [0.2, 0.25) is 0 Å². The summed E-state index contributed by atoms with van der Waals surface area (Å²) < 4.78 is 41.3. The summed E-state index contributed by atoms with van der Waals surface area (Å²) in [5.41, 5.74) is 15.9. The second-order valence-corrected chi connectivity index (χ2v) is 9.58. The van der Waals surface area contributed by atoms with Gasteiger partial charge in [0.05, 0.1) is 24.5 Å². The number of nitrogens with zero attached hydrogens (tertiary/aromatic N) is 4. The van der Waals surface area contributed by atoms with E-state index in [2.05, 4.69) is 9.98 Å². The molecule has 244 valence electrons. The van der Waals surface area contributed by atoms with Crippen LogP contribution in [0, 0.1) is 5.41 Å². The number of nitrogens with one attached hydrogen (secondary N) is 1. The summed E-state index contributed by atoms with van der Waals surface area (Å²) >= 11 is 0. The Balaban J connectivity index is 0.000000393. The molecule has 12 nitrogen and oxygen atoms in total. The van der Waals surface area contributed by atoms with Gasteiger partial charge in [-0.05, 0) is 67.8 Å². The van der Waals surface area contributed by atoms with Gasteiger partial charge in [-0.3, -0.25) is 19.8 Å². The first kappa shape index (κ1) is 36.4. The molecule has 0 aromatic heterocycles. The van der Waals surface area contributed by atoms with Crippen LogP contribution in [0.5, 0.6) is 0 Å². The molecule has 7 N–H and O–H groups in total. The summed E-state index contributed by atoms with van der Waals surface area (Å²) in [4.78, 5) is 46.7. The van der Waals surface area contributed by atoms with Gasteiger partial charge >= 0.3 is 6.18 Å². The fourth-order valence-corrected chi connectivity index (χ4v) is 4.12. The lowest BCUT2D eigenvalue weighted by molar-refractivity contribution is -0.137. The topological polar surface area (TPSA) is 194 Å². The van der Waals surface area contributed by atoms with Gasteiger partial charge in [-0.25, -0.2) is 4.99 Å². The standard InChI is InChI=1S/C20H27N7O3.C8H6F3NO.C2H6/c21-16(17(22)28)18(25-20(23)27-8-2-1-3-9-27)24-15-6-4-14(5-7-15)19(29)26-10-12-30-13-11-26;9-8(10,11)6-3-1-5(2-4-6)7(12)13;1-2/h4-7,21H,1-3,8-13H2,(H2,22,28)(H2,23,24,25);1-4H,(H2,12,13);1-2H3. The number of amides is 3. The highest BCUT2D eigenvalue weighted by molar-refractivity contribution is 6.66. The van der Waals surface area contributed by atoms with Crippen LogP contribution in [0.1, 0.15) is 59.4 Å². The molecule has 0 radical (unpaired) electrons. The number of halogens is 3. The number of benzene rings is 2. The van der Waals surface area contributed by atoms with E-state index >= 15 is 0 Å². The summed E-state index contributed by atoms with van der Waals surface area (Å²) in [6.45, 7) is 7.72. The zero-order valence-corrected chi connectivity index (χ0v) is 25.3. The van der Waals surface area contributed by atoms with E-state index in [1.807, 2.05) is 18.7 Å². The van der Waals surface area contributed by atoms with Crippen molar-refractivity contribution in [3.63, 3.8) is 0 Å². The Kier molecular flexibility index (Phi) is 14.1. The molecule has 0 bridgehead atoms. The minimum absolute atomic E-state index is 0.0630. The number of aliphatic imine (C=N–C) groups is 2. The number of piperidine rings is 1. The minimum Gasteiger partial charge on any atom is -0.378 e. The molecule has 45 heavy (non-hydrogen) atoms. The van der Waals surface area contributed by atoms with Crippen molar-refractivity contribution in [1.29, 1.82) is 5.41 Å². The average molecular weight is 633 g/mol. The lowest BCUT2D eigenvalue weighted by atomic mass is 10.1. The smallest absolute Gasteiger partial charge is 0.378 e. The number of hydrogen-bond acceptors (Lipinski definition) is 6. The maximum Gasteiger partial charge on any atom is 0.416 e. The highest BCUT2D eigenvalue weighted by Crippen LogP contribution is 2.29. The van der Waals surface area contributed by atoms with Crippen LogP contribution in [-0.2, 0) is 15.7 Å². The zero-order chi connectivity index (χ0) is 33.6. The molecular weight excluding hydrogens is 593 g/mol. The van der Waals surface area contributed by atoms with Crippen molar-refractivity contribution >= 4 is 40.9 Å². The predicted octanol–water partition coefficient (Wildman–Crippen LogP) is 3.33. The zero-order valence-electron chi connectivity index (χ0n) is 25.3. The number of nitrogens with two attached hydrogens (primary N) is 3. The normalized spacial score (nSPS) is 15.6. The number of likely N-dealkylation sites (tertiary alicyclic amines) is 1. The lowest BCUT2D eigenvalue weighted by Gasteiger charge is -2.27. The highest BCUT2D eigenvalue weighted by Gasteiger charge is 2.30. The van der Waals surface area contributed by atoms with Crippen molar-refractivity contribution in [3.8, 4) is 0 Å². The molecule has 4 rings (SSSR count). The van der Waals surface area contributed by atoms with Crippen LogP contribution in [0.4, 0.5) is 18.9 Å². The Labute approximate surface area is 259 Å². The molecule has 0 spiro atoms. The van der Waals surface area contributed by atoms with E-state index in [1.54, 1.807) is 29.2 Å². The van der Waals surface area contributed by atoms with Gasteiger partial charge in [0, 0.05) is 37.3 Å². The van der Waals surface area contributed by atoms with E-state index in [1.165, 1.54) is 0 Å². The van der Waals surface area contributed by atoms with Crippen LogP contribution in [0.15, 0.2) is 58.5 Å². The van der Waals surface area contributed by atoms with Gasteiger partial charge in [-0.2, -0.15) is 18.2 Å². The first-order valence-electron chi connectivity index (χ1n) is 14.4.